The maximum atomic E-state index is 6.64. The molecule has 0 fully saturated rings. The van der Waals surface area contributed by atoms with Crippen molar-refractivity contribution in [3.8, 4) is 22.3 Å². The van der Waals surface area contributed by atoms with Crippen molar-refractivity contribution in [1.29, 1.82) is 0 Å². The van der Waals surface area contributed by atoms with Crippen molar-refractivity contribution in [2.75, 3.05) is 0 Å². The molecule has 1 unspecified atom stereocenters. The van der Waals surface area contributed by atoms with E-state index in [2.05, 4.69) is 157 Å². The number of hydrogen-bond acceptors (Lipinski definition) is 5. The molecule has 5 heteroatoms. The third-order valence-corrected chi connectivity index (χ3v) is 11.7. The molecule has 0 radical (unpaired) electrons. The number of nitrogens with zero attached hydrogens (tertiary/aromatic N) is 2. The number of aliphatic imine (C=N–C) groups is 2. The Balaban J connectivity index is 1.06. The first kappa shape index (κ1) is 30.8. The van der Waals surface area contributed by atoms with Gasteiger partial charge in [0.15, 0.2) is 5.84 Å². The summed E-state index contributed by atoms with van der Waals surface area (Å²) in [4.78, 5) is 10.4. The summed E-state index contributed by atoms with van der Waals surface area (Å²) in [6.07, 6.45) is -0.361. The molecular formula is C49H31N3OS. The fourth-order valence-corrected chi connectivity index (χ4v) is 9.16. The van der Waals surface area contributed by atoms with Crippen molar-refractivity contribution >= 4 is 75.9 Å². The van der Waals surface area contributed by atoms with Crippen LogP contribution in [0.1, 0.15) is 22.9 Å². The van der Waals surface area contributed by atoms with Gasteiger partial charge in [0.25, 0.3) is 0 Å². The molecule has 0 aliphatic carbocycles. The minimum atomic E-state index is -0.361. The number of para-hydroxylation sites is 1. The van der Waals surface area contributed by atoms with Gasteiger partial charge in [-0.2, -0.15) is 0 Å². The number of nitrogens with one attached hydrogen (secondary N) is 1. The molecule has 8 aromatic carbocycles. The number of furan rings is 1. The van der Waals surface area contributed by atoms with Crippen LogP contribution in [-0.2, 0) is 0 Å². The zero-order valence-corrected chi connectivity index (χ0v) is 29.8. The maximum absolute atomic E-state index is 6.64. The number of benzene rings is 8. The van der Waals surface area contributed by atoms with Crippen LogP contribution in [0.2, 0.25) is 0 Å². The molecule has 1 atom stereocenters. The lowest BCUT2D eigenvalue weighted by atomic mass is 9.92. The van der Waals surface area contributed by atoms with Crippen LogP contribution in [0.25, 0.3) is 75.1 Å². The van der Waals surface area contributed by atoms with Gasteiger partial charge in [0.2, 0.25) is 0 Å². The molecule has 3 heterocycles. The molecule has 254 valence electrons. The van der Waals surface area contributed by atoms with E-state index in [0.29, 0.717) is 5.84 Å². The minimum absolute atomic E-state index is 0.361. The largest absolute Gasteiger partial charge is 0.455 e. The van der Waals surface area contributed by atoms with Crippen molar-refractivity contribution in [3.05, 3.63) is 193 Å². The molecule has 2 aromatic heterocycles. The Morgan fingerprint density at radius 2 is 1.15 bits per heavy atom. The minimum Gasteiger partial charge on any atom is -0.455 e. The molecule has 0 spiro atoms. The number of thiophene rings is 1. The summed E-state index contributed by atoms with van der Waals surface area (Å²) < 4.78 is 9.20. The van der Waals surface area contributed by atoms with Gasteiger partial charge in [-0.1, -0.05) is 146 Å². The Morgan fingerprint density at radius 3 is 2.02 bits per heavy atom. The average molecular weight is 710 g/mol. The van der Waals surface area contributed by atoms with E-state index in [0.717, 1.165) is 77.5 Å². The fraction of sp³-hybridized carbons (Fsp3) is 0.0204. The number of amidine groups is 2. The van der Waals surface area contributed by atoms with Crippen LogP contribution in [-0.4, -0.2) is 11.7 Å². The molecule has 10 aromatic rings. The van der Waals surface area contributed by atoms with E-state index in [4.69, 9.17) is 14.4 Å². The van der Waals surface area contributed by atoms with Gasteiger partial charge >= 0.3 is 0 Å². The average Bonchev–Trinajstić information content (AvgIpc) is 3.82. The summed E-state index contributed by atoms with van der Waals surface area (Å²) in [6.45, 7) is 0. The lowest BCUT2D eigenvalue weighted by Crippen LogP contribution is -2.33. The van der Waals surface area contributed by atoms with Crippen LogP contribution in [0.15, 0.2) is 190 Å². The summed E-state index contributed by atoms with van der Waals surface area (Å²) in [5.74, 6) is 1.52. The van der Waals surface area contributed by atoms with E-state index >= 15 is 0 Å². The standard InChI is InChI=1S/C49H31N3OS/c1-3-13-30(14-4-1)33-18-9-24-40-45-38(22-12-25-42(45)53-46(33)40)35-20-10-21-36-34(35)19-11-23-39(36)49-51-47(31-15-5-2-6-16-31)50-48(52-49)32-27-28-44-41(29-32)37-17-7-8-26-43(37)54-44/h1-29,49H,(H,50,51,52). The molecule has 4 nitrogen and oxygen atoms in total. The summed E-state index contributed by atoms with van der Waals surface area (Å²) in [5.41, 5.74) is 9.42. The Labute approximate surface area is 315 Å². The Bertz CT molecular complexity index is 3140. The van der Waals surface area contributed by atoms with Gasteiger partial charge in [0, 0.05) is 53.2 Å². The zero-order valence-electron chi connectivity index (χ0n) is 29.0. The van der Waals surface area contributed by atoms with Crippen molar-refractivity contribution in [2.24, 2.45) is 9.98 Å². The van der Waals surface area contributed by atoms with Gasteiger partial charge in [0.1, 0.15) is 23.2 Å². The van der Waals surface area contributed by atoms with Gasteiger partial charge < -0.3 is 9.73 Å². The quantitative estimate of drug-likeness (QED) is 0.193. The Hall–Kier alpha value is -6.82. The maximum Gasteiger partial charge on any atom is 0.159 e. The Kier molecular flexibility index (Phi) is 7.07. The first-order valence-electron chi connectivity index (χ1n) is 18.2. The zero-order chi connectivity index (χ0) is 35.6. The van der Waals surface area contributed by atoms with E-state index < -0.39 is 0 Å². The van der Waals surface area contributed by atoms with E-state index in [1.807, 2.05) is 35.6 Å². The smallest absolute Gasteiger partial charge is 0.159 e. The van der Waals surface area contributed by atoms with Gasteiger partial charge in [-0.05, 0) is 57.8 Å². The molecule has 0 amide bonds. The molecule has 0 saturated heterocycles. The van der Waals surface area contributed by atoms with Crippen LogP contribution in [0, 0.1) is 0 Å². The van der Waals surface area contributed by atoms with Gasteiger partial charge in [-0.3, -0.25) is 0 Å². The highest BCUT2D eigenvalue weighted by molar-refractivity contribution is 7.25. The highest BCUT2D eigenvalue weighted by Gasteiger charge is 2.24. The molecule has 54 heavy (non-hydrogen) atoms. The summed E-state index contributed by atoms with van der Waals surface area (Å²) in [7, 11) is 0. The topological polar surface area (TPSA) is 49.9 Å². The highest BCUT2D eigenvalue weighted by Crippen LogP contribution is 2.43. The van der Waals surface area contributed by atoms with Crippen LogP contribution < -0.4 is 5.32 Å². The van der Waals surface area contributed by atoms with Crippen LogP contribution in [0.3, 0.4) is 0 Å². The second-order valence-electron chi connectivity index (χ2n) is 13.7. The lowest BCUT2D eigenvalue weighted by Gasteiger charge is -2.25. The Morgan fingerprint density at radius 1 is 0.481 bits per heavy atom. The van der Waals surface area contributed by atoms with Gasteiger partial charge in [-0.25, -0.2) is 9.98 Å². The fourth-order valence-electron chi connectivity index (χ4n) is 8.07. The van der Waals surface area contributed by atoms with Gasteiger partial charge in [0.05, 0.1) is 0 Å². The molecule has 11 rings (SSSR count). The number of fused-ring (bicyclic) bond motifs is 7. The lowest BCUT2D eigenvalue weighted by molar-refractivity contribution is 0.670. The number of hydrogen-bond donors (Lipinski definition) is 1. The van der Waals surface area contributed by atoms with Crippen molar-refractivity contribution in [1.82, 2.24) is 5.32 Å². The van der Waals surface area contributed by atoms with Crippen molar-refractivity contribution in [2.45, 2.75) is 6.17 Å². The summed E-state index contributed by atoms with van der Waals surface area (Å²) in [5, 5.41) is 10.8. The second-order valence-corrected chi connectivity index (χ2v) is 14.8. The summed E-state index contributed by atoms with van der Waals surface area (Å²) in [6, 6.07) is 62.0. The van der Waals surface area contributed by atoms with Gasteiger partial charge in [-0.15, -0.1) is 11.3 Å². The molecule has 1 N–H and O–H groups in total. The van der Waals surface area contributed by atoms with E-state index in [-0.39, 0.29) is 6.17 Å². The van der Waals surface area contributed by atoms with Crippen molar-refractivity contribution < 1.29 is 4.42 Å². The van der Waals surface area contributed by atoms with E-state index in [1.54, 1.807) is 0 Å². The molecule has 1 aliphatic rings. The summed E-state index contributed by atoms with van der Waals surface area (Å²) >= 11 is 1.82. The first-order valence-corrected chi connectivity index (χ1v) is 19.0. The third kappa shape index (κ3) is 4.97. The highest BCUT2D eigenvalue weighted by atomic mass is 32.1. The normalized spacial score (nSPS) is 14.5. The predicted molar refractivity (Wildman–Crippen MR) is 227 cm³/mol. The number of rotatable bonds is 5. The van der Waals surface area contributed by atoms with Crippen molar-refractivity contribution in [3.63, 3.8) is 0 Å². The predicted octanol–water partition coefficient (Wildman–Crippen LogP) is 12.9. The monoisotopic (exact) mass is 709 g/mol. The second kappa shape index (κ2) is 12.4. The molecular weight excluding hydrogens is 679 g/mol. The SMILES string of the molecule is c1ccc(C2=NC(c3cccc4c(-c5cccc6oc7c(-c8ccccc8)cccc7c56)cccc34)NC(c3ccc4sc5ccccc5c4c3)=N2)cc1. The molecule has 1 aliphatic heterocycles. The van der Waals surface area contributed by atoms with Crippen LogP contribution >= 0.6 is 11.3 Å². The molecule has 0 saturated carbocycles. The first-order chi connectivity index (χ1) is 26.8. The molecule has 0 bridgehead atoms. The van der Waals surface area contributed by atoms with E-state index in [1.165, 1.54) is 20.2 Å². The van der Waals surface area contributed by atoms with E-state index in [9.17, 15) is 0 Å². The van der Waals surface area contributed by atoms with Crippen LogP contribution in [0.4, 0.5) is 0 Å². The third-order valence-electron chi connectivity index (χ3n) is 10.6. The van der Waals surface area contributed by atoms with Crippen LogP contribution in [0.5, 0.6) is 0 Å².